The molecule has 2 aromatic heterocycles. The van der Waals surface area contributed by atoms with E-state index in [1.807, 2.05) is 4.90 Å². The number of alkyl halides is 2. The largest absolute Gasteiger partial charge is 0.395 e. The summed E-state index contributed by atoms with van der Waals surface area (Å²) in [5, 5.41) is 11.8. The fourth-order valence-electron chi connectivity index (χ4n) is 4.66. The number of anilines is 4. The minimum atomic E-state index is -3.81. The maximum atomic E-state index is 13.6. The number of carbonyl (C=O) groups excluding carboxylic acids is 1. The van der Waals surface area contributed by atoms with Crippen LogP contribution in [0.1, 0.15) is 49.9 Å². The van der Waals surface area contributed by atoms with Gasteiger partial charge in [-0.1, -0.05) is 17.2 Å². The number of amides is 1. The molecule has 13 heteroatoms. The number of nitrogens with one attached hydrogen (secondary N) is 2. The van der Waals surface area contributed by atoms with Crippen molar-refractivity contribution in [3.63, 3.8) is 0 Å². The van der Waals surface area contributed by atoms with E-state index in [1.165, 1.54) is 23.3 Å². The highest BCUT2D eigenvalue weighted by Crippen LogP contribution is 2.31. The number of sulfonamides is 1. The number of nitrogens with zero attached hydrogens (tertiary/aromatic N) is 4. The molecule has 0 unspecified atom stereocenters. The Morgan fingerprint density at radius 3 is 2.33 bits per heavy atom. The molecule has 212 valence electrons. The minimum Gasteiger partial charge on any atom is -0.395 e. The zero-order valence-corrected chi connectivity index (χ0v) is 22.9. The van der Waals surface area contributed by atoms with Crippen LogP contribution in [-0.4, -0.2) is 73.9 Å². The summed E-state index contributed by atoms with van der Waals surface area (Å²) >= 11 is 0. The van der Waals surface area contributed by atoms with Gasteiger partial charge in [-0.3, -0.25) is 9.52 Å². The Kier molecular flexibility index (Phi) is 8.70. The van der Waals surface area contributed by atoms with Crippen LogP contribution in [0.15, 0.2) is 41.5 Å². The third-order valence-electron chi connectivity index (χ3n) is 6.91. The fourth-order valence-corrected chi connectivity index (χ4v) is 5.43. The van der Waals surface area contributed by atoms with Gasteiger partial charge in [-0.25, -0.2) is 27.2 Å². The van der Waals surface area contributed by atoms with Crippen molar-refractivity contribution >= 4 is 39.2 Å². The first-order valence-corrected chi connectivity index (χ1v) is 14.6. The van der Waals surface area contributed by atoms with Crippen molar-refractivity contribution in [3.8, 4) is 0 Å². The average molecular weight is 565 g/mol. The highest BCUT2D eigenvalue weighted by atomic mass is 32.2. The molecular weight excluding hydrogens is 530 g/mol. The summed E-state index contributed by atoms with van der Waals surface area (Å²) in [7, 11) is -3.81. The topological polar surface area (TPSA) is 128 Å². The van der Waals surface area contributed by atoms with Crippen LogP contribution in [0, 0.1) is 0 Å². The second-order valence-electron chi connectivity index (χ2n) is 9.98. The van der Waals surface area contributed by atoms with Gasteiger partial charge in [0.2, 0.25) is 10.0 Å². The molecule has 2 aromatic rings. The van der Waals surface area contributed by atoms with Gasteiger partial charge in [0.05, 0.1) is 17.9 Å². The van der Waals surface area contributed by atoms with Crippen molar-refractivity contribution in [2.24, 2.45) is 0 Å². The van der Waals surface area contributed by atoms with E-state index in [2.05, 4.69) is 33.9 Å². The lowest BCUT2D eigenvalue weighted by Crippen LogP contribution is -2.39. The molecule has 4 heterocycles. The molecule has 2 fully saturated rings. The SMILES string of the molecule is CC(C)=C1CCN(c2nc(NS(=O)(=O)CCO)ccc2C(=O)Nc2cccc(N3CCC(F)(F)CC3)n2)CC1. The van der Waals surface area contributed by atoms with Crippen molar-refractivity contribution in [2.45, 2.75) is 45.5 Å². The first-order chi connectivity index (χ1) is 18.5. The molecule has 0 bridgehead atoms. The number of aliphatic hydroxyl groups excluding tert-OH is 1. The van der Waals surface area contributed by atoms with Gasteiger partial charge in [0.1, 0.15) is 23.3 Å². The summed E-state index contributed by atoms with van der Waals surface area (Å²) in [6.07, 6.45) is 1.09. The summed E-state index contributed by atoms with van der Waals surface area (Å²) in [5.41, 5.74) is 2.84. The van der Waals surface area contributed by atoms with Crippen LogP contribution in [0.2, 0.25) is 0 Å². The number of hydrogen-bond donors (Lipinski definition) is 3. The third-order valence-corrected chi connectivity index (χ3v) is 8.15. The number of piperidine rings is 2. The zero-order chi connectivity index (χ0) is 28.2. The van der Waals surface area contributed by atoms with E-state index in [9.17, 15) is 22.0 Å². The van der Waals surface area contributed by atoms with E-state index in [1.54, 1.807) is 23.1 Å². The third kappa shape index (κ3) is 7.41. The predicted octanol–water partition coefficient (Wildman–Crippen LogP) is 3.64. The van der Waals surface area contributed by atoms with Gasteiger partial charge in [0.15, 0.2) is 0 Å². The van der Waals surface area contributed by atoms with Gasteiger partial charge in [-0.2, -0.15) is 0 Å². The number of aliphatic hydroxyl groups is 1. The number of allylic oxidation sites excluding steroid dienone is 1. The lowest BCUT2D eigenvalue weighted by Gasteiger charge is -2.32. The summed E-state index contributed by atoms with van der Waals surface area (Å²) in [4.78, 5) is 26.1. The Morgan fingerprint density at radius 2 is 1.69 bits per heavy atom. The Morgan fingerprint density at radius 1 is 1.00 bits per heavy atom. The molecule has 0 spiro atoms. The van der Waals surface area contributed by atoms with Crippen LogP contribution in [0.5, 0.6) is 0 Å². The lowest BCUT2D eigenvalue weighted by atomic mass is 9.99. The smallest absolute Gasteiger partial charge is 0.260 e. The molecule has 0 atom stereocenters. The monoisotopic (exact) mass is 564 g/mol. The van der Waals surface area contributed by atoms with Crippen molar-refractivity contribution in [2.75, 3.05) is 58.4 Å². The van der Waals surface area contributed by atoms with Crippen LogP contribution in [0.4, 0.5) is 32.1 Å². The molecule has 0 radical (unpaired) electrons. The molecular formula is C26H34F2N6O4S. The number of hydrogen-bond acceptors (Lipinski definition) is 8. The normalized spacial score (nSPS) is 17.6. The van der Waals surface area contributed by atoms with Crippen LogP contribution in [0.3, 0.4) is 0 Å². The second kappa shape index (κ2) is 11.8. The van der Waals surface area contributed by atoms with Crippen LogP contribution in [-0.2, 0) is 10.0 Å². The van der Waals surface area contributed by atoms with Crippen molar-refractivity contribution in [1.29, 1.82) is 0 Å². The van der Waals surface area contributed by atoms with Crippen LogP contribution < -0.4 is 19.8 Å². The standard InChI is InChI=1S/C26H34F2N6O4S/c1-18(2)19-8-12-34(13-9-19)24-20(6-7-22(30-24)32-39(37,38)17-16-35)25(36)31-21-4-3-5-23(29-21)33-14-10-26(27,28)11-15-33/h3-7,35H,8-17H2,1-2H3,(H,30,32)(H,29,31,36). The quantitative estimate of drug-likeness (QED) is 0.415. The second-order valence-corrected chi connectivity index (χ2v) is 11.8. The molecule has 10 nitrogen and oxygen atoms in total. The van der Waals surface area contributed by atoms with Gasteiger partial charge in [-0.15, -0.1) is 0 Å². The van der Waals surface area contributed by atoms with Gasteiger partial charge >= 0.3 is 0 Å². The maximum Gasteiger partial charge on any atom is 0.260 e. The van der Waals surface area contributed by atoms with Gasteiger partial charge < -0.3 is 20.2 Å². The molecule has 0 saturated carbocycles. The Hall–Kier alpha value is -3.32. The molecule has 2 aliphatic heterocycles. The Bertz CT molecular complexity index is 1330. The first kappa shape index (κ1) is 28.7. The maximum absolute atomic E-state index is 13.6. The fraction of sp³-hybridized carbons (Fsp3) is 0.500. The summed E-state index contributed by atoms with van der Waals surface area (Å²) < 4.78 is 53.9. The van der Waals surface area contributed by atoms with E-state index < -0.39 is 34.2 Å². The molecule has 2 aliphatic rings. The Labute approximate surface area is 227 Å². The highest BCUT2D eigenvalue weighted by molar-refractivity contribution is 7.92. The number of carbonyl (C=O) groups is 1. The number of rotatable bonds is 8. The van der Waals surface area contributed by atoms with E-state index in [4.69, 9.17) is 5.11 Å². The zero-order valence-electron chi connectivity index (χ0n) is 22.1. The van der Waals surface area contributed by atoms with Crippen molar-refractivity contribution in [1.82, 2.24) is 9.97 Å². The molecule has 0 aliphatic carbocycles. The van der Waals surface area contributed by atoms with E-state index >= 15 is 0 Å². The molecule has 2 saturated heterocycles. The summed E-state index contributed by atoms with van der Waals surface area (Å²) in [6, 6.07) is 7.94. The van der Waals surface area contributed by atoms with E-state index in [0.717, 1.165) is 12.8 Å². The molecule has 39 heavy (non-hydrogen) atoms. The van der Waals surface area contributed by atoms with Crippen molar-refractivity contribution in [3.05, 3.63) is 47.0 Å². The van der Waals surface area contributed by atoms with Crippen LogP contribution in [0.25, 0.3) is 0 Å². The highest BCUT2D eigenvalue weighted by Gasteiger charge is 2.34. The Balaban J connectivity index is 1.57. The molecule has 3 N–H and O–H groups in total. The summed E-state index contributed by atoms with van der Waals surface area (Å²) in [5.74, 6) is -2.49. The molecule has 4 rings (SSSR count). The predicted molar refractivity (Wildman–Crippen MR) is 147 cm³/mol. The average Bonchev–Trinajstić information content (AvgIpc) is 2.88. The van der Waals surface area contributed by atoms with Crippen molar-refractivity contribution < 1.29 is 27.1 Å². The van der Waals surface area contributed by atoms with Crippen LogP contribution >= 0.6 is 0 Å². The van der Waals surface area contributed by atoms with Gasteiger partial charge in [-0.05, 0) is 51.0 Å². The molecule has 1 amide bonds. The number of pyridine rings is 2. The first-order valence-electron chi connectivity index (χ1n) is 12.9. The number of halogens is 2. The van der Waals surface area contributed by atoms with Gasteiger partial charge in [0, 0.05) is 39.0 Å². The molecule has 0 aromatic carbocycles. The van der Waals surface area contributed by atoms with E-state index in [-0.39, 0.29) is 43.1 Å². The van der Waals surface area contributed by atoms with Gasteiger partial charge in [0.25, 0.3) is 11.8 Å². The number of aromatic nitrogens is 2. The lowest BCUT2D eigenvalue weighted by molar-refractivity contribution is -0.0221. The summed E-state index contributed by atoms with van der Waals surface area (Å²) in [6.45, 7) is 5.14. The van der Waals surface area contributed by atoms with E-state index in [0.29, 0.717) is 24.7 Å². The minimum absolute atomic E-state index is 0.0463.